The highest BCUT2D eigenvalue weighted by Gasteiger charge is 2.01. The first kappa shape index (κ1) is 8.04. The predicted octanol–water partition coefficient (Wildman–Crippen LogP) is 2.52. The molecular formula is C8H8N2S2. The first-order valence-electron chi connectivity index (χ1n) is 3.59. The van der Waals surface area contributed by atoms with Crippen molar-refractivity contribution in [1.82, 2.24) is 9.71 Å². The third-order valence-electron chi connectivity index (χ3n) is 1.46. The Bertz CT molecular complexity index is 350. The van der Waals surface area contributed by atoms with Crippen LogP contribution in [-0.4, -0.2) is 12.0 Å². The van der Waals surface area contributed by atoms with Crippen LogP contribution in [0.15, 0.2) is 28.6 Å². The Balaban J connectivity index is 2.47. The fourth-order valence-corrected chi connectivity index (χ4v) is 2.68. The van der Waals surface area contributed by atoms with Crippen molar-refractivity contribution in [1.29, 1.82) is 0 Å². The molecule has 2 aromatic rings. The molecule has 2 rings (SSSR count). The first-order valence-corrected chi connectivity index (χ1v) is 5.22. The average Bonchev–Trinajstić information content (AvgIpc) is 2.47. The fraction of sp³-hybridized carbons (Fsp3) is 0.125. The molecule has 0 fully saturated rings. The van der Waals surface area contributed by atoms with Crippen LogP contribution in [0.5, 0.6) is 0 Å². The standard InChI is InChI=1S/C8H8N2S2/c1-9-12-8-10-6-4-2-3-5-7(6)11-8/h2-5,9H,1H3. The van der Waals surface area contributed by atoms with Gasteiger partial charge in [0.2, 0.25) is 0 Å². The quantitative estimate of drug-likeness (QED) is 0.747. The van der Waals surface area contributed by atoms with Gasteiger partial charge in [-0.05, 0) is 31.1 Å². The van der Waals surface area contributed by atoms with E-state index in [1.54, 1.807) is 23.3 Å². The van der Waals surface area contributed by atoms with Gasteiger partial charge in [-0.2, -0.15) is 0 Å². The van der Waals surface area contributed by atoms with Crippen LogP contribution in [-0.2, 0) is 0 Å². The summed E-state index contributed by atoms with van der Waals surface area (Å²) >= 11 is 3.27. The van der Waals surface area contributed by atoms with E-state index in [4.69, 9.17) is 0 Å². The zero-order valence-corrected chi connectivity index (χ0v) is 8.21. The SMILES string of the molecule is CNSc1nc2ccccc2s1. The smallest absolute Gasteiger partial charge is 0.166 e. The summed E-state index contributed by atoms with van der Waals surface area (Å²) in [6, 6.07) is 8.17. The van der Waals surface area contributed by atoms with Crippen molar-refractivity contribution in [2.24, 2.45) is 0 Å². The highest BCUT2D eigenvalue weighted by atomic mass is 32.2. The van der Waals surface area contributed by atoms with Crippen LogP contribution in [0.4, 0.5) is 0 Å². The second-order valence-corrected chi connectivity index (χ2v) is 4.54. The van der Waals surface area contributed by atoms with Crippen molar-refractivity contribution < 1.29 is 0 Å². The van der Waals surface area contributed by atoms with Gasteiger partial charge in [0.05, 0.1) is 10.2 Å². The molecule has 0 aliphatic heterocycles. The lowest BCUT2D eigenvalue weighted by Gasteiger charge is -1.87. The van der Waals surface area contributed by atoms with Gasteiger partial charge in [0.1, 0.15) is 0 Å². The van der Waals surface area contributed by atoms with Crippen LogP contribution in [0, 0.1) is 0 Å². The number of benzene rings is 1. The van der Waals surface area contributed by atoms with E-state index in [2.05, 4.69) is 15.8 Å². The van der Waals surface area contributed by atoms with Gasteiger partial charge in [-0.3, -0.25) is 4.72 Å². The van der Waals surface area contributed by atoms with Gasteiger partial charge in [-0.25, -0.2) is 4.98 Å². The van der Waals surface area contributed by atoms with E-state index >= 15 is 0 Å². The second-order valence-electron chi connectivity index (χ2n) is 2.25. The Morgan fingerprint density at radius 2 is 2.25 bits per heavy atom. The summed E-state index contributed by atoms with van der Waals surface area (Å²) < 4.78 is 5.32. The molecule has 1 N–H and O–H groups in total. The van der Waals surface area contributed by atoms with E-state index in [1.165, 1.54) is 4.70 Å². The maximum absolute atomic E-state index is 4.42. The van der Waals surface area contributed by atoms with E-state index in [1.807, 2.05) is 25.2 Å². The lowest BCUT2D eigenvalue weighted by Crippen LogP contribution is -1.88. The summed E-state index contributed by atoms with van der Waals surface area (Å²) in [6.07, 6.45) is 0. The van der Waals surface area contributed by atoms with Crippen LogP contribution < -0.4 is 4.72 Å². The molecule has 1 aromatic carbocycles. The molecule has 0 spiro atoms. The van der Waals surface area contributed by atoms with Gasteiger partial charge in [0, 0.05) is 0 Å². The molecule has 0 unspecified atom stereocenters. The Labute approximate surface area is 79.1 Å². The number of para-hydroxylation sites is 1. The molecule has 0 saturated carbocycles. The van der Waals surface area contributed by atoms with Gasteiger partial charge in [-0.1, -0.05) is 12.1 Å². The zero-order chi connectivity index (χ0) is 8.39. The minimum atomic E-state index is 1.07. The summed E-state index contributed by atoms with van der Waals surface area (Å²) in [5, 5.41) is 0. The van der Waals surface area contributed by atoms with Crippen LogP contribution in [0.2, 0.25) is 0 Å². The molecule has 4 heteroatoms. The van der Waals surface area contributed by atoms with Crippen molar-refractivity contribution in [3.63, 3.8) is 0 Å². The van der Waals surface area contributed by atoms with Crippen molar-refractivity contribution in [3.05, 3.63) is 24.3 Å². The maximum Gasteiger partial charge on any atom is 0.166 e. The number of aromatic nitrogens is 1. The summed E-state index contributed by atoms with van der Waals surface area (Å²) in [5.74, 6) is 0. The van der Waals surface area contributed by atoms with E-state index < -0.39 is 0 Å². The topological polar surface area (TPSA) is 24.9 Å². The lowest BCUT2D eigenvalue weighted by molar-refractivity contribution is 1.24. The van der Waals surface area contributed by atoms with Crippen LogP contribution in [0.1, 0.15) is 0 Å². The molecule has 1 aromatic heterocycles. The Hall–Kier alpha value is -0.580. The third kappa shape index (κ3) is 1.46. The average molecular weight is 196 g/mol. The summed E-state index contributed by atoms with van der Waals surface area (Å²) in [7, 11) is 1.90. The van der Waals surface area contributed by atoms with Crippen LogP contribution in [0.25, 0.3) is 10.2 Å². The van der Waals surface area contributed by atoms with Crippen molar-refractivity contribution in [2.45, 2.75) is 4.34 Å². The third-order valence-corrected chi connectivity index (χ3v) is 3.26. The lowest BCUT2D eigenvalue weighted by atomic mass is 10.3. The summed E-state index contributed by atoms with van der Waals surface area (Å²) in [5.41, 5.74) is 1.08. The molecule has 62 valence electrons. The number of thiazole rings is 1. The molecular weight excluding hydrogens is 188 g/mol. The van der Waals surface area contributed by atoms with Gasteiger partial charge >= 0.3 is 0 Å². The molecule has 2 nitrogen and oxygen atoms in total. The van der Waals surface area contributed by atoms with Crippen molar-refractivity contribution in [3.8, 4) is 0 Å². The number of hydrogen-bond acceptors (Lipinski definition) is 4. The molecule has 1 heterocycles. The maximum atomic E-state index is 4.42. The summed E-state index contributed by atoms with van der Waals surface area (Å²) in [4.78, 5) is 4.42. The van der Waals surface area contributed by atoms with Crippen molar-refractivity contribution >= 4 is 33.5 Å². The summed E-state index contributed by atoms with van der Waals surface area (Å²) in [6.45, 7) is 0. The molecule has 0 bridgehead atoms. The van der Waals surface area contributed by atoms with Gasteiger partial charge in [0.15, 0.2) is 4.34 Å². The second kappa shape index (κ2) is 3.43. The number of hydrogen-bond donors (Lipinski definition) is 1. The first-order chi connectivity index (χ1) is 5.90. The Morgan fingerprint density at radius 3 is 3.00 bits per heavy atom. The van der Waals surface area contributed by atoms with Crippen LogP contribution >= 0.6 is 23.3 Å². The molecule has 0 atom stereocenters. The van der Waals surface area contributed by atoms with Crippen LogP contribution in [0.3, 0.4) is 0 Å². The largest absolute Gasteiger partial charge is 0.261 e. The Kier molecular flexibility index (Phi) is 2.30. The highest BCUT2D eigenvalue weighted by Crippen LogP contribution is 2.26. The molecule has 0 amide bonds. The normalized spacial score (nSPS) is 10.8. The number of fused-ring (bicyclic) bond motifs is 1. The molecule has 12 heavy (non-hydrogen) atoms. The predicted molar refractivity (Wildman–Crippen MR) is 54.5 cm³/mol. The van der Waals surface area contributed by atoms with E-state index in [0.29, 0.717) is 0 Å². The molecule has 0 saturated heterocycles. The number of nitrogens with one attached hydrogen (secondary N) is 1. The fourth-order valence-electron chi connectivity index (χ4n) is 0.982. The minimum absolute atomic E-state index is 1.07. The van der Waals surface area contributed by atoms with E-state index in [0.717, 1.165) is 9.86 Å². The Morgan fingerprint density at radius 1 is 1.42 bits per heavy atom. The van der Waals surface area contributed by atoms with E-state index in [9.17, 15) is 0 Å². The minimum Gasteiger partial charge on any atom is -0.261 e. The van der Waals surface area contributed by atoms with Gasteiger partial charge in [0.25, 0.3) is 0 Å². The monoisotopic (exact) mass is 196 g/mol. The van der Waals surface area contributed by atoms with Gasteiger partial charge in [-0.15, -0.1) is 11.3 Å². The molecule has 0 aliphatic carbocycles. The zero-order valence-electron chi connectivity index (χ0n) is 6.57. The number of nitrogens with zero attached hydrogens (tertiary/aromatic N) is 1. The van der Waals surface area contributed by atoms with Crippen molar-refractivity contribution in [2.75, 3.05) is 7.05 Å². The van der Waals surface area contributed by atoms with E-state index in [-0.39, 0.29) is 0 Å². The molecule has 0 aliphatic rings. The number of rotatable bonds is 2. The highest BCUT2D eigenvalue weighted by molar-refractivity contribution is 7.99. The van der Waals surface area contributed by atoms with Gasteiger partial charge < -0.3 is 0 Å². The molecule has 0 radical (unpaired) electrons.